The van der Waals surface area contributed by atoms with Gasteiger partial charge in [-0.25, -0.2) is 0 Å². The van der Waals surface area contributed by atoms with Crippen LogP contribution < -0.4 is 16.0 Å². The van der Waals surface area contributed by atoms with Gasteiger partial charge in [-0.05, 0) is 73.9 Å². The molecule has 1 heterocycles. The molecule has 1 aliphatic rings. The lowest BCUT2D eigenvalue weighted by atomic mass is 9.95. The average Bonchev–Trinajstić information content (AvgIpc) is 2.52. The van der Waals surface area contributed by atoms with Crippen molar-refractivity contribution in [2.45, 2.75) is 26.8 Å². The Bertz CT molecular complexity index is 903. The van der Waals surface area contributed by atoms with E-state index in [1.807, 2.05) is 51.1 Å². The number of amides is 1. The third kappa shape index (κ3) is 4.06. The molecule has 0 aliphatic carbocycles. The van der Waals surface area contributed by atoms with E-state index in [1.165, 1.54) is 0 Å². The fourth-order valence-corrected chi connectivity index (χ4v) is 3.65. The minimum atomic E-state index is -0.367. The maximum absolute atomic E-state index is 13.1. The summed E-state index contributed by atoms with van der Waals surface area (Å²) < 4.78 is 0. The zero-order chi connectivity index (χ0) is 18.8. The van der Waals surface area contributed by atoms with Crippen LogP contribution in [-0.2, 0) is 4.79 Å². The largest absolute Gasteiger partial charge is 0.351 e. The third-order valence-electron chi connectivity index (χ3n) is 4.18. The maximum Gasteiger partial charge on any atom is 0.255 e. The van der Waals surface area contributed by atoms with Crippen molar-refractivity contribution >= 4 is 40.5 Å². The smallest absolute Gasteiger partial charge is 0.255 e. The van der Waals surface area contributed by atoms with Crippen molar-refractivity contribution < 1.29 is 4.79 Å². The molecule has 134 valence electrons. The predicted octanol–water partition coefficient (Wildman–Crippen LogP) is 4.39. The van der Waals surface area contributed by atoms with Crippen LogP contribution in [0.15, 0.2) is 53.7 Å². The molecule has 2 aromatic carbocycles. The minimum absolute atomic E-state index is 0.181. The monoisotopic (exact) mass is 385 g/mol. The van der Waals surface area contributed by atoms with E-state index in [0.717, 1.165) is 28.1 Å². The first kappa shape index (κ1) is 18.4. The molecule has 26 heavy (non-hydrogen) atoms. The molecule has 0 aromatic heterocycles. The number of carbonyl (C=O) groups excluding carboxylic acids is 1. The molecule has 0 fully saturated rings. The van der Waals surface area contributed by atoms with Crippen molar-refractivity contribution in [1.29, 1.82) is 0 Å². The topological polar surface area (TPSA) is 53.2 Å². The van der Waals surface area contributed by atoms with E-state index in [9.17, 15) is 4.79 Å². The Morgan fingerprint density at radius 2 is 1.81 bits per heavy atom. The number of anilines is 1. The Morgan fingerprint density at radius 3 is 2.46 bits per heavy atom. The first-order valence-electron chi connectivity index (χ1n) is 8.27. The third-order valence-corrected chi connectivity index (χ3v) is 4.63. The molecule has 0 saturated carbocycles. The molecular weight excluding hydrogens is 366 g/mol. The van der Waals surface area contributed by atoms with Gasteiger partial charge in [-0.1, -0.05) is 29.8 Å². The van der Waals surface area contributed by atoms with E-state index in [4.69, 9.17) is 23.8 Å². The van der Waals surface area contributed by atoms with Gasteiger partial charge in [0, 0.05) is 16.4 Å². The van der Waals surface area contributed by atoms with Gasteiger partial charge in [0.2, 0.25) is 0 Å². The van der Waals surface area contributed by atoms with Crippen LogP contribution in [0, 0.1) is 13.8 Å². The second-order valence-electron chi connectivity index (χ2n) is 6.46. The van der Waals surface area contributed by atoms with Crippen LogP contribution in [0.3, 0.4) is 0 Å². The summed E-state index contributed by atoms with van der Waals surface area (Å²) in [5.41, 5.74) is 5.15. The number of benzene rings is 2. The number of halogens is 1. The van der Waals surface area contributed by atoms with Crippen LogP contribution in [0.4, 0.5) is 5.69 Å². The van der Waals surface area contributed by atoms with Gasteiger partial charge < -0.3 is 16.0 Å². The lowest BCUT2D eigenvalue weighted by Crippen LogP contribution is -2.45. The summed E-state index contributed by atoms with van der Waals surface area (Å²) in [5, 5.41) is 10.3. The van der Waals surface area contributed by atoms with Gasteiger partial charge in [-0.3, -0.25) is 4.79 Å². The number of nitrogens with one attached hydrogen (secondary N) is 3. The van der Waals surface area contributed by atoms with Gasteiger partial charge in [0.1, 0.15) is 0 Å². The first-order valence-corrected chi connectivity index (χ1v) is 9.05. The van der Waals surface area contributed by atoms with Gasteiger partial charge in [-0.15, -0.1) is 0 Å². The van der Waals surface area contributed by atoms with Gasteiger partial charge in [-0.2, -0.15) is 0 Å². The molecular formula is C20H20ClN3OS. The van der Waals surface area contributed by atoms with Gasteiger partial charge in [0.25, 0.3) is 5.91 Å². The number of aryl methyl sites for hydroxylation is 2. The Balaban J connectivity index is 1.96. The van der Waals surface area contributed by atoms with Crippen LogP contribution >= 0.6 is 23.8 Å². The molecule has 1 amide bonds. The highest BCUT2D eigenvalue weighted by Crippen LogP contribution is 2.29. The molecule has 0 spiro atoms. The normalized spacial score (nSPS) is 16.8. The lowest BCUT2D eigenvalue weighted by molar-refractivity contribution is -0.113. The summed E-state index contributed by atoms with van der Waals surface area (Å²) in [6, 6.07) is 13.0. The molecule has 3 rings (SSSR count). The summed E-state index contributed by atoms with van der Waals surface area (Å²) in [6.45, 7) is 5.86. The highest BCUT2D eigenvalue weighted by molar-refractivity contribution is 7.80. The Hall–Kier alpha value is -2.37. The summed E-state index contributed by atoms with van der Waals surface area (Å²) in [5.74, 6) is -0.181. The fraction of sp³-hybridized carbons (Fsp3) is 0.200. The van der Waals surface area contributed by atoms with Crippen LogP contribution in [0.25, 0.3) is 0 Å². The molecule has 6 heteroatoms. The number of thiocarbonyl (C=S) groups is 1. The van der Waals surface area contributed by atoms with Crippen molar-refractivity contribution in [2.75, 3.05) is 5.32 Å². The average molecular weight is 386 g/mol. The number of allylic oxidation sites excluding steroid dienone is 1. The number of hydrogen-bond acceptors (Lipinski definition) is 2. The van der Waals surface area contributed by atoms with Crippen LogP contribution in [0.2, 0.25) is 5.02 Å². The highest BCUT2D eigenvalue weighted by atomic mass is 35.5. The molecule has 1 atom stereocenters. The predicted molar refractivity (Wildman–Crippen MR) is 110 cm³/mol. The molecule has 0 unspecified atom stereocenters. The minimum Gasteiger partial charge on any atom is -0.351 e. The number of carbonyl (C=O) groups is 1. The quantitative estimate of drug-likeness (QED) is 0.686. The molecule has 4 nitrogen and oxygen atoms in total. The van der Waals surface area contributed by atoms with E-state index in [1.54, 1.807) is 6.07 Å². The molecule has 0 radical (unpaired) electrons. The molecule has 2 aromatic rings. The lowest BCUT2D eigenvalue weighted by Gasteiger charge is -2.30. The number of rotatable bonds is 3. The standard InChI is InChI=1S/C20H20ClN3OS/c1-11-7-12(2)9-16(8-11)23-19(25)17-13(3)22-20(26)24-18(17)14-5-4-6-15(21)10-14/h4-10,18H,1-3H3,(H,23,25)(H2,22,24,26)/t18-/m0/s1. The SMILES string of the molecule is CC1=C(C(=O)Nc2cc(C)cc(C)c2)[C@H](c2cccc(Cl)c2)NC(=S)N1. The van der Waals surface area contributed by atoms with E-state index in [-0.39, 0.29) is 11.9 Å². The van der Waals surface area contributed by atoms with Gasteiger partial charge in [0.15, 0.2) is 5.11 Å². The van der Waals surface area contributed by atoms with Crippen molar-refractivity contribution in [3.05, 3.63) is 75.4 Å². The van der Waals surface area contributed by atoms with E-state index in [2.05, 4.69) is 22.0 Å². The molecule has 0 saturated heterocycles. The van der Waals surface area contributed by atoms with Gasteiger partial charge >= 0.3 is 0 Å². The Kier molecular flexibility index (Phi) is 5.30. The van der Waals surface area contributed by atoms with E-state index >= 15 is 0 Å². The second kappa shape index (κ2) is 7.48. The van der Waals surface area contributed by atoms with Crippen molar-refractivity contribution in [3.8, 4) is 0 Å². The van der Waals surface area contributed by atoms with Crippen LogP contribution in [0.1, 0.15) is 29.7 Å². The number of hydrogen-bond donors (Lipinski definition) is 3. The highest BCUT2D eigenvalue weighted by Gasteiger charge is 2.30. The summed E-state index contributed by atoms with van der Waals surface area (Å²) in [6.07, 6.45) is 0. The van der Waals surface area contributed by atoms with Crippen LogP contribution in [0.5, 0.6) is 0 Å². The van der Waals surface area contributed by atoms with Crippen molar-refractivity contribution in [2.24, 2.45) is 0 Å². The fourth-order valence-electron chi connectivity index (χ4n) is 3.18. The van der Waals surface area contributed by atoms with Gasteiger partial charge in [0.05, 0.1) is 11.6 Å². The summed E-state index contributed by atoms with van der Waals surface area (Å²) in [7, 11) is 0. The van der Waals surface area contributed by atoms with Crippen LogP contribution in [-0.4, -0.2) is 11.0 Å². The Labute approximate surface area is 163 Å². The molecule has 3 N–H and O–H groups in total. The summed E-state index contributed by atoms with van der Waals surface area (Å²) in [4.78, 5) is 13.1. The summed E-state index contributed by atoms with van der Waals surface area (Å²) >= 11 is 11.4. The van der Waals surface area contributed by atoms with Crippen molar-refractivity contribution in [3.63, 3.8) is 0 Å². The Morgan fingerprint density at radius 1 is 1.12 bits per heavy atom. The zero-order valence-corrected chi connectivity index (χ0v) is 16.4. The van der Waals surface area contributed by atoms with E-state index < -0.39 is 0 Å². The van der Waals surface area contributed by atoms with E-state index in [0.29, 0.717) is 15.7 Å². The van der Waals surface area contributed by atoms with Crippen molar-refractivity contribution in [1.82, 2.24) is 10.6 Å². The maximum atomic E-state index is 13.1. The second-order valence-corrected chi connectivity index (χ2v) is 7.30. The first-order chi connectivity index (χ1) is 12.3. The molecule has 0 bridgehead atoms. The zero-order valence-electron chi connectivity index (χ0n) is 14.8. The molecule has 1 aliphatic heterocycles.